The molecule has 1 heteroatoms. The first-order chi connectivity index (χ1) is 10.4. The molecule has 0 N–H and O–H groups in total. The molecule has 1 fully saturated rings. The summed E-state index contributed by atoms with van der Waals surface area (Å²) in [6.45, 7) is 4.38. The second kappa shape index (κ2) is 14.9. The second-order valence-corrected chi connectivity index (χ2v) is 7.14. The quantitative estimate of drug-likeness (QED) is 0.282. The van der Waals surface area contributed by atoms with Crippen LogP contribution in [0.25, 0.3) is 0 Å². The van der Waals surface area contributed by atoms with Crippen molar-refractivity contribution in [2.45, 2.75) is 110 Å². The van der Waals surface area contributed by atoms with Crippen molar-refractivity contribution in [1.82, 2.24) is 0 Å². The number of unbranched alkanes of at least 4 members (excludes halogenated alkanes) is 14. The van der Waals surface area contributed by atoms with E-state index in [4.69, 9.17) is 4.74 Å². The third-order valence-corrected chi connectivity index (χ3v) is 4.92. The van der Waals surface area contributed by atoms with Gasteiger partial charge in [0.05, 0.1) is 13.2 Å². The zero-order chi connectivity index (χ0) is 15.0. The first-order valence-electron chi connectivity index (χ1n) is 10.0. The van der Waals surface area contributed by atoms with Gasteiger partial charge in [-0.3, -0.25) is 0 Å². The van der Waals surface area contributed by atoms with Crippen LogP contribution in [0.5, 0.6) is 0 Å². The van der Waals surface area contributed by atoms with Gasteiger partial charge in [-0.2, -0.15) is 0 Å². The molecule has 0 unspecified atom stereocenters. The van der Waals surface area contributed by atoms with Crippen LogP contribution < -0.4 is 0 Å². The smallest absolute Gasteiger partial charge is 0.0516 e. The van der Waals surface area contributed by atoms with Crippen molar-refractivity contribution in [1.29, 1.82) is 0 Å². The van der Waals surface area contributed by atoms with Crippen LogP contribution in [0.2, 0.25) is 0 Å². The molecule has 0 saturated carbocycles. The summed E-state index contributed by atoms with van der Waals surface area (Å²) in [7, 11) is 0. The Hall–Kier alpha value is -0.0400. The van der Waals surface area contributed by atoms with Gasteiger partial charge in [0.1, 0.15) is 0 Å². The third-order valence-electron chi connectivity index (χ3n) is 4.92. The summed E-state index contributed by atoms with van der Waals surface area (Å²) in [5.41, 5.74) is 0. The average Bonchev–Trinajstić information content (AvgIpc) is 2.45. The van der Waals surface area contributed by atoms with Gasteiger partial charge in [-0.05, 0) is 6.42 Å². The number of hydrogen-bond acceptors (Lipinski definition) is 1. The minimum Gasteiger partial charge on any atom is -0.381 e. The van der Waals surface area contributed by atoms with Gasteiger partial charge in [0, 0.05) is 5.92 Å². The lowest BCUT2D eigenvalue weighted by Crippen LogP contribution is -2.27. The van der Waals surface area contributed by atoms with E-state index in [1.165, 1.54) is 103 Å². The first-order valence-corrected chi connectivity index (χ1v) is 10.0. The van der Waals surface area contributed by atoms with Crippen molar-refractivity contribution in [2.75, 3.05) is 13.2 Å². The Labute approximate surface area is 134 Å². The zero-order valence-electron chi connectivity index (χ0n) is 14.7. The van der Waals surface area contributed by atoms with Crippen LogP contribution in [-0.2, 0) is 4.74 Å². The van der Waals surface area contributed by atoms with Crippen LogP contribution in [0.4, 0.5) is 0 Å². The summed E-state index contributed by atoms with van der Waals surface area (Å²) in [5.74, 6) is 0.909. The Kier molecular flexibility index (Phi) is 13.5. The highest BCUT2D eigenvalue weighted by Gasteiger charge is 2.16. The molecule has 0 aromatic rings. The third kappa shape index (κ3) is 12.2. The van der Waals surface area contributed by atoms with Crippen molar-refractivity contribution in [3.05, 3.63) is 0 Å². The highest BCUT2D eigenvalue weighted by Crippen LogP contribution is 2.19. The highest BCUT2D eigenvalue weighted by molar-refractivity contribution is 4.64. The number of ether oxygens (including phenoxy) is 1. The Bertz CT molecular complexity index is 198. The van der Waals surface area contributed by atoms with Gasteiger partial charge in [-0.25, -0.2) is 0 Å². The van der Waals surface area contributed by atoms with Crippen molar-refractivity contribution >= 4 is 0 Å². The van der Waals surface area contributed by atoms with Gasteiger partial charge in [0.2, 0.25) is 0 Å². The second-order valence-electron chi connectivity index (χ2n) is 7.14. The molecule has 0 amide bonds. The Morgan fingerprint density at radius 1 is 0.571 bits per heavy atom. The highest BCUT2D eigenvalue weighted by atomic mass is 16.5. The van der Waals surface area contributed by atoms with Crippen LogP contribution >= 0.6 is 0 Å². The van der Waals surface area contributed by atoms with Crippen LogP contribution in [0.3, 0.4) is 0 Å². The Morgan fingerprint density at radius 2 is 0.952 bits per heavy atom. The van der Waals surface area contributed by atoms with Gasteiger partial charge >= 0.3 is 0 Å². The fraction of sp³-hybridized carbons (Fsp3) is 1.00. The predicted octanol–water partition coefficient (Wildman–Crippen LogP) is 6.89. The van der Waals surface area contributed by atoms with Gasteiger partial charge in [-0.1, -0.05) is 103 Å². The van der Waals surface area contributed by atoms with Crippen LogP contribution in [0.1, 0.15) is 110 Å². The van der Waals surface area contributed by atoms with Gasteiger partial charge < -0.3 is 4.74 Å². The molecule has 21 heavy (non-hydrogen) atoms. The molecule has 0 atom stereocenters. The molecule has 1 rings (SSSR count). The normalized spacial score (nSPS) is 15.3. The van der Waals surface area contributed by atoms with E-state index in [9.17, 15) is 0 Å². The molecular formula is C20H40O. The summed E-state index contributed by atoms with van der Waals surface area (Å²) in [4.78, 5) is 0. The molecule has 1 aliphatic rings. The Morgan fingerprint density at radius 3 is 1.29 bits per heavy atom. The molecule has 1 aliphatic heterocycles. The number of hydrogen-bond donors (Lipinski definition) is 0. The molecule has 1 saturated heterocycles. The lowest BCUT2D eigenvalue weighted by Gasteiger charge is -2.25. The van der Waals surface area contributed by atoms with Gasteiger partial charge in [-0.15, -0.1) is 0 Å². The van der Waals surface area contributed by atoms with E-state index in [1.807, 2.05) is 0 Å². The predicted molar refractivity (Wildman–Crippen MR) is 93.9 cm³/mol. The topological polar surface area (TPSA) is 9.23 Å². The minimum atomic E-state index is 0.909. The van der Waals surface area contributed by atoms with E-state index >= 15 is 0 Å². The maximum absolute atomic E-state index is 5.21. The van der Waals surface area contributed by atoms with Gasteiger partial charge in [0.25, 0.3) is 0 Å². The fourth-order valence-corrected chi connectivity index (χ4v) is 3.26. The van der Waals surface area contributed by atoms with Crippen molar-refractivity contribution in [3.63, 3.8) is 0 Å². The average molecular weight is 297 g/mol. The van der Waals surface area contributed by atoms with Crippen molar-refractivity contribution < 1.29 is 4.74 Å². The Balaban J connectivity index is 1.61. The summed E-state index contributed by atoms with van der Waals surface area (Å²) in [6, 6.07) is 0. The lowest BCUT2D eigenvalue weighted by atomic mass is 9.98. The lowest BCUT2D eigenvalue weighted by molar-refractivity contribution is -0.0364. The summed E-state index contributed by atoms with van der Waals surface area (Å²) in [6.07, 6.45) is 23.3. The molecule has 0 aromatic carbocycles. The molecule has 0 aromatic heterocycles. The summed E-state index contributed by atoms with van der Waals surface area (Å²) >= 11 is 0. The van der Waals surface area contributed by atoms with Crippen LogP contribution in [0, 0.1) is 5.92 Å². The minimum absolute atomic E-state index is 0.909. The molecule has 0 bridgehead atoms. The summed E-state index contributed by atoms with van der Waals surface area (Å²) in [5, 5.41) is 0. The molecule has 0 spiro atoms. The molecule has 1 nitrogen and oxygen atoms in total. The van der Waals surface area contributed by atoms with Gasteiger partial charge in [0.15, 0.2) is 0 Å². The van der Waals surface area contributed by atoms with E-state index in [0.717, 1.165) is 19.1 Å². The molecule has 1 heterocycles. The SMILES string of the molecule is CCCCCCCCCCCCCCCCCC1COC1. The van der Waals surface area contributed by atoms with E-state index < -0.39 is 0 Å². The van der Waals surface area contributed by atoms with E-state index in [-0.39, 0.29) is 0 Å². The zero-order valence-corrected chi connectivity index (χ0v) is 14.7. The number of rotatable bonds is 16. The monoisotopic (exact) mass is 296 g/mol. The largest absolute Gasteiger partial charge is 0.381 e. The first kappa shape index (κ1) is 19.0. The summed E-state index contributed by atoms with van der Waals surface area (Å²) < 4.78 is 5.21. The molecular weight excluding hydrogens is 256 g/mol. The fourth-order valence-electron chi connectivity index (χ4n) is 3.26. The maximum atomic E-state index is 5.21. The molecule has 126 valence electrons. The van der Waals surface area contributed by atoms with Crippen LogP contribution in [-0.4, -0.2) is 13.2 Å². The maximum Gasteiger partial charge on any atom is 0.0516 e. The molecule has 0 radical (unpaired) electrons. The van der Waals surface area contributed by atoms with Crippen LogP contribution in [0.15, 0.2) is 0 Å². The van der Waals surface area contributed by atoms with E-state index in [1.54, 1.807) is 0 Å². The van der Waals surface area contributed by atoms with E-state index in [2.05, 4.69) is 6.92 Å². The van der Waals surface area contributed by atoms with Crippen molar-refractivity contribution in [3.8, 4) is 0 Å². The standard InChI is InChI=1S/C20H40O/c1-2-3-4-5-6-7-8-9-10-11-12-13-14-15-16-17-20-18-21-19-20/h20H,2-19H2,1H3. The van der Waals surface area contributed by atoms with Crippen molar-refractivity contribution in [2.24, 2.45) is 5.92 Å². The molecule has 0 aliphatic carbocycles. The van der Waals surface area contributed by atoms with E-state index in [0.29, 0.717) is 0 Å².